The fraction of sp³-hybridized carbons (Fsp3) is 0.383. The number of carbonyl (C=O) groups is 4. The van der Waals surface area contributed by atoms with Crippen molar-refractivity contribution in [2.24, 2.45) is 18.7 Å². The summed E-state index contributed by atoms with van der Waals surface area (Å²) in [6.07, 6.45) is 3.07. The van der Waals surface area contributed by atoms with Crippen LogP contribution in [0.25, 0.3) is 22.0 Å². The lowest BCUT2D eigenvalue weighted by Crippen LogP contribution is -2.52. The van der Waals surface area contributed by atoms with Gasteiger partial charge in [0, 0.05) is 104 Å². The number of urea groups is 1. The first kappa shape index (κ1) is 43.0. The largest absolute Gasteiger partial charge is 0.494 e. The lowest BCUT2D eigenvalue weighted by atomic mass is 9.77. The summed E-state index contributed by atoms with van der Waals surface area (Å²) in [6, 6.07) is 19.0. The van der Waals surface area contributed by atoms with Gasteiger partial charge in [0.25, 0.3) is 0 Å². The number of amides is 5. The first-order chi connectivity index (χ1) is 30.8. The molecular formula is C47H49ClF2N8O6. The van der Waals surface area contributed by atoms with Gasteiger partial charge >= 0.3 is 6.03 Å². The smallest absolute Gasteiger partial charge is 0.329 e. The molecule has 5 heterocycles. The fourth-order valence-electron chi connectivity index (χ4n) is 10.0. The van der Waals surface area contributed by atoms with Crippen LogP contribution < -0.4 is 35.6 Å². The number of halogens is 3. The van der Waals surface area contributed by atoms with Crippen LogP contribution in [0.2, 0.25) is 5.02 Å². The van der Waals surface area contributed by atoms with E-state index in [9.17, 15) is 19.2 Å². The lowest BCUT2D eigenvalue weighted by molar-refractivity contribution is -0.137. The van der Waals surface area contributed by atoms with Crippen LogP contribution in [0.4, 0.5) is 25.1 Å². The van der Waals surface area contributed by atoms with E-state index in [1.165, 1.54) is 30.2 Å². The summed E-state index contributed by atoms with van der Waals surface area (Å²) in [5, 5.41) is 11.1. The molecule has 2 unspecified atom stereocenters. The van der Waals surface area contributed by atoms with Crippen LogP contribution in [-0.2, 0) is 22.2 Å². The maximum Gasteiger partial charge on any atom is 0.329 e. The van der Waals surface area contributed by atoms with Gasteiger partial charge in [-0.15, -0.1) is 0 Å². The molecule has 3 saturated heterocycles. The highest BCUT2D eigenvalue weighted by Gasteiger charge is 2.50. The number of nitrogens with one attached hydrogen (secondary N) is 2. The molecule has 0 saturated carbocycles. The number of fused-ring (bicyclic) bond motifs is 2. The van der Waals surface area contributed by atoms with Crippen LogP contribution in [-0.4, -0.2) is 90.9 Å². The van der Waals surface area contributed by atoms with E-state index in [2.05, 4.69) is 26.7 Å². The summed E-state index contributed by atoms with van der Waals surface area (Å²) in [5.74, 6) is -2.86. The Kier molecular flexibility index (Phi) is 11.4. The summed E-state index contributed by atoms with van der Waals surface area (Å²) >= 11 is 6.68. The molecule has 4 aromatic carbocycles. The van der Waals surface area contributed by atoms with E-state index in [-0.39, 0.29) is 70.0 Å². The predicted molar refractivity (Wildman–Crippen MR) is 238 cm³/mol. The number of hydrogen-bond acceptors (Lipinski definition) is 9. The van der Waals surface area contributed by atoms with Crippen molar-refractivity contribution in [2.45, 2.75) is 56.6 Å². The second-order valence-corrected chi connectivity index (χ2v) is 17.4. The molecule has 4 N–H and O–H groups in total. The minimum atomic E-state index is -1.09. The number of carbonyl (C=O) groups excluding carboxylic acids is 4. The van der Waals surface area contributed by atoms with E-state index >= 15 is 8.78 Å². The van der Waals surface area contributed by atoms with Gasteiger partial charge in [-0.1, -0.05) is 48.9 Å². The molecule has 9 rings (SSSR count). The molecule has 0 spiro atoms. The number of aryl methyl sites for hydroxylation is 1. The normalized spacial score (nSPS) is 20.7. The van der Waals surface area contributed by atoms with Crippen LogP contribution in [0.1, 0.15) is 66.4 Å². The van der Waals surface area contributed by atoms with Gasteiger partial charge in [0.2, 0.25) is 17.7 Å². The zero-order valence-electron chi connectivity index (χ0n) is 35.8. The van der Waals surface area contributed by atoms with Crippen molar-refractivity contribution in [3.63, 3.8) is 0 Å². The number of hydrogen-bond donors (Lipinski definition) is 3. The molecule has 5 aromatic rings. The third-order valence-electron chi connectivity index (χ3n) is 13.5. The Morgan fingerprint density at radius 1 is 0.984 bits per heavy atom. The number of rotatable bonds is 10. The second-order valence-electron chi connectivity index (χ2n) is 17.1. The van der Waals surface area contributed by atoms with E-state index < -0.39 is 35.1 Å². The molecule has 334 valence electrons. The van der Waals surface area contributed by atoms with Crippen LogP contribution in [0.15, 0.2) is 66.7 Å². The highest BCUT2D eigenvalue weighted by Crippen LogP contribution is 2.56. The van der Waals surface area contributed by atoms with E-state index in [1.807, 2.05) is 61.3 Å². The van der Waals surface area contributed by atoms with Crippen molar-refractivity contribution >= 4 is 57.8 Å². The number of methoxy groups -OCH3 is 1. The maximum atomic E-state index is 16.2. The van der Waals surface area contributed by atoms with Crippen LogP contribution in [0, 0.1) is 17.6 Å². The number of aromatic nitrogens is 2. The zero-order chi connectivity index (χ0) is 45.0. The third-order valence-corrected chi connectivity index (χ3v) is 13.9. The Bertz CT molecular complexity index is 2680. The molecule has 3 fully saturated rings. The maximum absolute atomic E-state index is 16.2. The Hall–Kier alpha value is -6.26. The summed E-state index contributed by atoms with van der Waals surface area (Å²) in [5.41, 5.74) is 7.32. The van der Waals surface area contributed by atoms with E-state index in [4.69, 9.17) is 26.8 Å². The number of primary amides is 1. The summed E-state index contributed by atoms with van der Waals surface area (Å²) in [4.78, 5) is 56.6. The van der Waals surface area contributed by atoms with Gasteiger partial charge in [-0.2, -0.15) is 5.10 Å². The highest BCUT2D eigenvalue weighted by atomic mass is 35.5. The molecule has 0 aliphatic carbocycles. The summed E-state index contributed by atoms with van der Waals surface area (Å²) < 4.78 is 45.7. The first-order valence-corrected chi connectivity index (χ1v) is 22.0. The van der Waals surface area contributed by atoms with Crippen molar-refractivity contribution in [1.82, 2.24) is 25.3 Å². The molecule has 14 nitrogen and oxygen atoms in total. The highest BCUT2D eigenvalue weighted by molar-refractivity contribution is 6.34. The SMILES string of the molecule is COc1ccc(C(N)=O)c(-c2c(Cl)c(F)cc3c2C(C)C(CNC2CCN(C(=O)C4CCN(c5ccc6c(N7CCC(=O)NC7=O)nn(C)c6c5)CC4)CC2)(c2ccccc2)O3)c1F. The number of nitrogens with two attached hydrogens (primary N) is 1. The van der Waals surface area contributed by atoms with Crippen molar-refractivity contribution < 1.29 is 37.4 Å². The molecule has 2 atom stereocenters. The molecule has 17 heteroatoms. The van der Waals surface area contributed by atoms with Crippen molar-refractivity contribution in [3.8, 4) is 22.6 Å². The third kappa shape index (κ3) is 7.45. The molecule has 0 radical (unpaired) electrons. The van der Waals surface area contributed by atoms with Crippen molar-refractivity contribution in [1.29, 1.82) is 0 Å². The lowest BCUT2D eigenvalue weighted by Gasteiger charge is -2.40. The molecule has 5 amide bonds. The van der Waals surface area contributed by atoms with E-state index in [0.29, 0.717) is 56.9 Å². The molecule has 1 aromatic heterocycles. The summed E-state index contributed by atoms with van der Waals surface area (Å²) in [7, 11) is 3.13. The van der Waals surface area contributed by atoms with Crippen molar-refractivity contribution in [3.05, 3.63) is 100 Å². The molecular weight excluding hydrogens is 846 g/mol. The van der Waals surface area contributed by atoms with Gasteiger partial charge in [-0.3, -0.25) is 29.3 Å². The number of nitrogens with zero attached hydrogens (tertiary/aromatic N) is 5. The Morgan fingerprint density at radius 3 is 2.41 bits per heavy atom. The minimum absolute atomic E-state index is 0.0155. The molecule has 4 aliphatic rings. The number of anilines is 2. The average Bonchev–Trinajstić information content (AvgIpc) is 3.78. The Morgan fingerprint density at radius 2 is 1.72 bits per heavy atom. The molecule has 4 aliphatic heterocycles. The van der Waals surface area contributed by atoms with Gasteiger partial charge < -0.3 is 30.3 Å². The van der Waals surface area contributed by atoms with E-state index in [0.717, 1.165) is 35.0 Å². The quantitative estimate of drug-likeness (QED) is 0.140. The average molecular weight is 895 g/mol. The second kappa shape index (κ2) is 17.0. The van der Waals surface area contributed by atoms with E-state index in [1.54, 1.807) is 4.68 Å². The number of imide groups is 1. The number of likely N-dealkylation sites (tertiary alicyclic amines) is 1. The monoisotopic (exact) mass is 894 g/mol. The number of benzene rings is 4. The zero-order valence-corrected chi connectivity index (χ0v) is 36.5. The van der Waals surface area contributed by atoms with Crippen LogP contribution in [0.5, 0.6) is 11.5 Å². The Balaban J connectivity index is 0.863. The predicted octanol–water partition coefficient (Wildman–Crippen LogP) is 6.61. The topological polar surface area (TPSA) is 164 Å². The first-order valence-electron chi connectivity index (χ1n) is 21.6. The Labute approximate surface area is 373 Å². The van der Waals surface area contributed by atoms with Gasteiger partial charge in [-0.25, -0.2) is 13.6 Å². The van der Waals surface area contributed by atoms with Crippen molar-refractivity contribution in [2.75, 3.05) is 56.2 Å². The standard InChI is InChI=1S/C47H49ClF2N8O6/c1-26-38-36(24-33(49)41(48)40(38)39-32(43(51)60)11-12-35(63-3)42(39)50)64-47(26,28-7-5-4-6-8-28)25-52-29-15-20-57(21-16-29)45(61)27-13-18-56(19-14-27)30-9-10-31-34(23-30)55(2)54-44(31)58-22-17-37(59)53-46(58)62/h4-12,23-24,26-27,29,52H,13-22,25H2,1-3H3,(H2,51,60)(H,53,59,62). The molecule has 0 bridgehead atoms. The van der Waals surface area contributed by atoms with Gasteiger partial charge in [0.05, 0.1) is 23.2 Å². The van der Waals surface area contributed by atoms with Crippen LogP contribution in [0.3, 0.4) is 0 Å². The van der Waals surface area contributed by atoms with Crippen LogP contribution >= 0.6 is 11.6 Å². The van der Waals surface area contributed by atoms with Gasteiger partial charge in [0.15, 0.2) is 23.0 Å². The minimum Gasteiger partial charge on any atom is -0.494 e. The summed E-state index contributed by atoms with van der Waals surface area (Å²) in [6.45, 7) is 5.10. The van der Waals surface area contributed by atoms with Gasteiger partial charge in [-0.05, 0) is 61.6 Å². The number of piperidine rings is 2. The van der Waals surface area contributed by atoms with Gasteiger partial charge in [0.1, 0.15) is 11.6 Å². The number of ether oxygens (including phenoxy) is 2. The molecule has 64 heavy (non-hydrogen) atoms. The fourth-order valence-corrected chi connectivity index (χ4v) is 10.3.